The van der Waals surface area contributed by atoms with E-state index in [1.807, 2.05) is 12.1 Å². The molecule has 0 fully saturated rings. The van der Waals surface area contributed by atoms with Crippen LogP contribution in [0.3, 0.4) is 0 Å². The highest BCUT2D eigenvalue weighted by atomic mass is 79.9. The molecule has 0 aliphatic carbocycles. The molecule has 1 aromatic rings. The fraction of sp³-hybridized carbons (Fsp3) is 0.400. The number of benzene rings is 1. The molecule has 78 valence electrons. The summed E-state index contributed by atoms with van der Waals surface area (Å²) in [6, 6.07) is 3.74. The van der Waals surface area contributed by atoms with Crippen LogP contribution in [0.5, 0.6) is 5.75 Å². The average molecular weight is 342 g/mol. The third-order valence-corrected chi connectivity index (χ3v) is 2.85. The van der Waals surface area contributed by atoms with Crippen molar-refractivity contribution in [3.05, 3.63) is 26.1 Å². The van der Waals surface area contributed by atoms with Gasteiger partial charge in [0.05, 0.1) is 16.1 Å². The molecule has 0 atom stereocenters. The lowest BCUT2D eigenvalue weighted by Gasteiger charge is -2.12. The lowest BCUT2D eigenvalue weighted by Crippen LogP contribution is -2.05. The molecule has 0 unspecified atom stereocenters. The van der Waals surface area contributed by atoms with E-state index in [0.29, 0.717) is 23.3 Å². The second kappa shape index (κ2) is 5.38. The number of hydrogen-bond acceptors (Lipinski definition) is 1. The van der Waals surface area contributed by atoms with Gasteiger partial charge in [-0.1, -0.05) is 41.4 Å². The van der Waals surface area contributed by atoms with Crippen LogP contribution in [0.15, 0.2) is 21.1 Å². The zero-order valence-corrected chi connectivity index (χ0v) is 11.9. The second-order valence-corrected chi connectivity index (χ2v) is 5.58. The number of rotatable bonds is 3. The van der Waals surface area contributed by atoms with Crippen LogP contribution in [-0.2, 0) is 0 Å². The summed E-state index contributed by atoms with van der Waals surface area (Å²) in [7, 11) is 0. The molecule has 0 saturated carbocycles. The van der Waals surface area contributed by atoms with Crippen LogP contribution in [0, 0.1) is 5.92 Å². The quantitative estimate of drug-likeness (QED) is 0.759. The molecule has 0 heterocycles. The topological polar surface area (TPSA) is 9.23 Å². The van der Waals surface area contributed by atoms with Crippen molar-refractivity contribution < 1.29 is 4.74 Å². The van der Waals surface area contributed by atoms with Crippen molar-refractivity contribution in [2.24, 2.45) is 5.92 Å². The standard InChI is InChI=1S/C10H11Br2ClO/c1-6(2)5-14-10-8(12)3-7(11)4-9(10)13/h3-4,6H,5H2,1-2H3. The molecule has 0 aliphatic rings. The zero-order chi connectivity index (χ0) is 10.7. The van der Waals surface area contributed by atoms with Crippen molar-refractivity contribution in [2.75, 3.05) is 6.61 Å². The predicted molar refractivity (Wildman–Crippen MR) is 67.2 cm³/mol. The Hall–Kier alpha value is 0.270. The molecule has 0 aromatic heterocycles. The highest BCUT2D eigenvalue weighted by Gasteiger charge is 2.08. The highest BCUT2D eigenvalue weighted by Crippen LogP contribution is 2.36. The zero-order valence-electron chi connectivity index (χ0n) is 7.98. The van der Waals surface area contributed by atoms with Gasteiger partial charge in [0.1, 0.15) is 0 Å². The minimum atomic E-state index is 0.488. The first-order valence-corrected chi connectivity index (χ1v) is 6.24. The Balaban J connectivity index is 2.86. The van der Waals surface area contributed by atoms with Crippen molar-refractivity contribution >= 4 is 43.5 Å². The van der Waals surface area contributed by atoms with Crippen LogP contribution < -0.4 is 4.74 Å². The van der Waals surface area contributed by atoms with Gasteiger partial charge in [0.15, 0.2) is 5.75 Å². The molecule has 0 radical (unpaired) electrons. The van der Waals surface area contributed by atoms with E-state index in [-0.39, 0.29) is 0 Å². The van der Waals surface area contributed by atoms with Crippen LogP contribution in [0.25, 0.3) is 0 Å². The van der Waals surface area contributed by atoms with Crippen molar-refractivity contribution in [1.82, 2.24) is 0 Å². The molecule has 1 nitrogen and oxygen atoms in total. The van der Waals surface area contributed by atoms with Crippen molar-refractivity contribution in [1.29, 1.82) is 0 Å². The summed E-state index contributed by atoms with van der Waals surface area (Å²) in [5.74, 6) is 1.20. The van der Waals surface area contributed by atoms with E-state index in [9.17, 15) is 0 Å². The van der Waals surface area contributed by atoms with Gasteiger partial charge in [-0.15, -0.1) is 0 Å². The highest BCUT2D eigenvalue weighted by molar-refractivity contribution is 9.11. The lowest BCUT2D eigenvalue weighted by molar-refractivity contribution is 0.269. The molecular weight excluding hydrogens is 331 g/mol. The largest absolute Gasteiger partial charge is 0.491 e. The molecule has 1 rings (SSSR count). The second-order valence-electron chi connectivity index (χ2n) is 3.40. The predicted octanol–water partition coefficient (Wildman–Crippen LogP) is 4.90. The third kappa shape index (κ3) is 3.44. The Morgan fingerprint density at radius 1 is 1.36 bits per heavy atom. The third-order valence-electron chi connectivity index (χ3n) is 1.52. The minimum Gasteiger partial charge on any atom is -0.491 e. The molecule has 0 spiro atoms. The van der Waals surface area contributed by atoms with Crippen LogP contribution >= 0.6 is 43.5 Å². The summed E-state index contributed by atoms with van der Waals surface area (Å²) in [4.78, 5) is 0. The first-order valence-electron chi connectivity index (χ1n) is 4.28. The van der Waals surface area contributed by atoms with Crippen molar-refractivity contribution in [3.63, 3.8) is 0 Å². The SMILES string of the molecule is CC(C)COc1c(Cl)cc(Br)cc1Br. The molecule has 0 N–H and O–H groups in total. The molecule has 0 bridgehead atoms. The molecule has 0 aliphatic heterocycles. The number of hydrogen-bond donors (Lipinski definition) is 0. The molecule has 0 amide bonds. The summed E-state index contributed by atoms with van der Waals surface area (Å²) in [6.07, 6.45) is 0. The summed E-state index contributed by atoms with van der Waals surface area (Å²) >= 11 is 12.8. The summed E-state index contributed by atoms with van der Waals surface area (Å²) in [6.45, 7) is 4.86. The van der Waals surface area contributed by atoms with Gasteiger partial charge >= 0.3 is 0 Å². The van der Waals surface area contributed by atoms with Crippen LogP contribution in [-0.4, -0.2) is 6.61 Å². The first-order chi connectivity index (χ1) is 6.50. The van der Waals surface area contributed by atoms with Gasteiger partial charge in [-0.05, 0) is 34.0 Å². The van der Waals surface area contributed by atoms with Crippen LogP contribution in [0.1, 0.15) is 13.8 Å². The van der Waals surface area contributed by atoms with Crippen molar-refractivity contribution in [3.8, 4) is 5.75 Å². The van der Waals surface area contributed by atoms with E-state index in [4.69, 9.17) is 16.3 Å². The van der Waals surface area contributed by atoms with E-state index in [1.54, 1.807) is 0 Å². The van der Waals surface area contributed by atoms with E-state index < -0.39 is 0 Å². The summed E-state index contributed by atoms with van der Waals surface area (Å²) in [5.41, 5.74) is 0. The average Bonchev–Trinajstić information content (AvgIpc) is 2.01. The molecule has 1 aromatic carbocycles. The Kier molecular flexibility index (Phi) is 4.74. The molecular formula is C10H11Br2ClO. The normalized spacial score (nSPS) is 10.7. The summed E-state index contributed by atoms with van der Waals surface area (Å²) in [5, 5.41) is 0.618. The van der Waals surface area contributed by atoms with Crippen LogP contribution in [0.2, 0.25) is 5.02 Å². The van der Waals surface area contributed by atoms with E-state index >= 15 is 0 Å². The van der Waals surface area contributed by atoms with Gasteiger partial charge in [0.2, 0.25) is 0 Å². The first kappa shape index (κ1) is 12.3. The lowest BCUT2D eigenvalue weighted by atomic mass is 10.2. The smallest absolute Gasteiger partial charge is 0.152 e. The number of halogens is 3. The van der Waals surface area contributed by atoms with Crippen LogP contribution in [0.4, 0.5) is 0 Å². The Bertz CT molecular complexity index is 303. The van der Waals surface area contributed by atoms with Gasteiger partial charge in [0, 0.05) is 4.47 Å². The number of ether oxygens (including phenoxy) is 1. The van der Waals surface area contributed by atoms with Gasteiger partial charge in [-0.3, -0.25) is 0 Å². The maximum atomic E-state index is 6.03. The molecule has 4 heteroatoms. The maximum absolute atomic E-state index is 6.03. The summed E-state index contributed by atoms with van der Waals surface area (Å²) < 4.78 is 7.39. The van der Waals surface area contributed by atoms with Gasteiger partial charge in [-0.2, -0.15) is 0 Å². The van der Waals surface area contributed by atoms with Gasteiger partial charge in [-0.25, -0.2) is 0 Å². The van der Waals surface area contributed by atoms with E-state index in [2.05, 4.69) is 45.7 Å². The Morgan fingerprint density at radius 3 is 2.50 bits per heavy atom. The van der Waals surface area contributed by atoms with E-state index in [0.717, 1.165) is 8.95 Å². The monoisotopic (exact) mass is 340 g/mol. The van der Waals surface area contributed by atoms with Gasteiger partial charge < -0.3 is 4.74 Å². The van der Waals surface area contributed by atoms with Crippen molar-refractivity contribution in [2.45, 2.75) is 13.8 Å². The fourth-order valence-electron chi connectivity index (χ4n) is 0.917. The Labute approximate surface area is 106 Å². The van der Waals surface area contributed by atoms with E-state index in [1.165, 1.54) is 0 Å². The molecule has 14 heavy (non-hydrogen) atoms. The van der Waals surface area contributed by atoms with Gasteiger partial charge in [0.25, 0.3) is 0 Å². The Morgan fingerprint density at radius 2 is 2.00 bits per heavy atom. The molecule has 0 saturated heterocycles. The minimum absolute atomic E-state index is 0.488. The fourth-order valence-corrected chi connectivity index (χ4v) is 2.78. The maximum Gasteiger partial charge on any atom is 0.152 e.